The van der Waals surface area contributed by atoms with Crippen molar-refractivity contribution in [2.45, 2.75) is 257 Å². The van der Waals surface area contributed by atoms with Gasteiger partial charge in [0.15, 0.2) is 37.2 Å². The van der Waals surface area contributed by atoms with Crippen molar-refractivity contribution in [3.63, 3.8) is 0 Å². The van der Waals surface area contributed by atoms with Gasteiger partial charge in [-0.3, -0.25) is 0 Å². The van der Waals surface area contributed by atoms with Crippen LogP contribution in [-0.2, 0) is 56.8 Å². The molecule has 7 heterocycles. The fraction of sp³-hybridized carbons (Fsp3) is 1.00. The van der Waals surface area contributed by atoms with Crippen LogP contribution in [0.4, 0.5) is 0 Å². The first-order valence-corrected chi connectivity index (χ1v) is 30.4. The van der Waals surface area contributed by atoms with Gasteiger partial charge < -0.3 is 144 Å². The predicted octanol–water partition coefficient (Wildman–Crippen LogP) is -6.50. The van der Waals surface area contributed by atoms with E-state index < -0.39 is 210 Å². The normalized spacial score (nSPS) is 58.1. The summed E-state index contributed by atoms with van der Waals surface area (Å²) in [6, 6.07) is 0. The maximum absolute atomic E-state index is 12.2. The third kappa shape index (κ3) is 11.4. The summed E-state index contributed by atoms with van der Waals surface area (Å²) in [4.78, 5) is 0. The average molecular weight is 1230 g/mol. The van der Waals surface area contributed by atoms with Gasteiger partial charge in [0.25, 0.3) is 0 Å². The molecule has 0 aromatic heterocycles. The maximum Gasteiger partial charge on any atom is 0.187 e. The van der Waals surface area contributed by atoms with Crippen LogP contribution >= 0.6 is 0 Å². The summed E-state index contributed by atoms with van der Waals surface area (Å²) in [5.41, 5.74) is -0.531. The lowest BCUT2D eigenvalue weighted by molar-refractivity contribution is -0.410. The van der Waals surface area contributed by atoms with Gasteiger partial charge in [-0.05, 0) is 91.3 Å². The summed E-state index contributed by atoms with van der Waals surface area (Å²) < 4.78 is 72.8. The van der Waals surface area contributed by atoms with Gasteiger partial charge in [0.2, 0.25) is 0 Å². The maximum atomic E-state index is 12.2. The van der Waals surface area contributed by atoms with E-state index in [1.54, 1.807) is 0 Å². The van der Waals surface area contributed by atoms with Gasteiger partial charge in [-0.25, -0.2) is 0 Å². The molecule has 4 saturated carbocycles. The molecule has 0 radical (unpaired) electrons. The van der Waals surface area contributed by atoms with Crippen molar-refractivity contribution in [2.24, 2.45) is 52.3 Å². The van der Waals surface area contributed by atoms with Crippen LogP contribution in [0.1, 0.15) is 79.1 Å². The summed E-state index contributed by atoms with van der Waals surface area (Å²) >= 11 is 0. The highest BCUT2D eigenvalue weighted by atomic mass is 16.8. The van der Waals surface area contributed by atoms with Gasteiger partial charge in [0.05, 0.1) is 64.1 Å². The van der Waals surface area contributed by atoms with Gasteiger partial charge >= 0.3 is 0 Å². The van der Waals surface area contributed by atoms with Crippen molar-refractivity contribution in [1.29, 1.82) is 0 Å². The third-order valence-corrected chi connectivity index (χ3v) is 22.2. The van der Waals surface area contributed by atoms with Crippen molar-refractivity contribution < 1.29 is 144 Å². The second kappa shape index (κ2) is 25.4. The van der Waals surface area contributed by atoms with Crippen LogP contribution in [0.2, 0.25) is 0 Å². The Bertz CT molecular complexity index is 2220. The summed E-state index contributed by atoms with van der Waals surface area (Å²) in [7, 11) is 0. The number of ether oxygens (including phenoxy) is 12. The molecule has 11 fully saturated rings. The van der Waals surface area contributed by atoms with E-state index in [-0.39, 0.29) is 48.0 Å². The molecule has 32 unspecified atom stereocenters. The van der Waals surface area contributed by atoms with Crippen molar-refractivity contribution in [1.82, 2.24) is 0 Å². The molecule has 1 spiro atoms. The Labute approximate surface area is 491 Å². The second-order valence-corrected chi connectivity index (χ2v) is 27.0. The van der Waals surface area contributed by atoms with E-state index in [9.17, 15) is 86.8 Å². The first-order chi connectivity index (χ1) is 40.3. The molecule has 29 heteroatoms. The van der Waals surface area contributed by atoms with Crippen molar-refractivity contribution >= 4 is 0 Å². The molecule has 7 saturated heterocycles. The monoisotopic (exact) mass is 1230 g/mol. The molecule has 0 bridgehead atoms. The highest BCUT2D eigenvalue weighted by Gasteiger charge is 2.71. The molecule has 85 heavy (non-hydrogen) atoms. The lowest BCUT2D eigenvalue weighted by atomic mass is 9.43. The Balaban J connectivity index is 0.800. The SMILES string of the molecule is CC1CC[C@@]2(OC1)OC1CC3C4CC(O)[C@H]5CC(OC6OC(CO)C(OC7OC(CO)C(O)C(OC8OCC(O)C(O)C8O)C7OC7OC(CO)C(O)C(OC8OC(CO)C(O)C(O)C8O)C7O)C(O)C6O)[C@H](O)C[C@]5(C)C4CC[C@]3(C)C1[C@@H]2C. The first-order valence-electron chi connectivity index (χ1n) is 30.4. The molecule has 11 aliphatic rings. The van der Waals surface area contributed by atoms with Crippen molar-refractivity contribution in [3.8, 4) is 0 Å². The summed E-state index contributed by atoms with van der Waals surface area (Å²) in [5, 5.41) is 188. The van der Waals surface area contributed by atoms with Gasteiger partial charge in [-0.1, -0.05) is 27.7 Å². The number of aliphatic hydroxyl groups excluding tert-OH is 17. The highest BCUT2D eigenvalue weighted by Crippen LogP contribution is 2.71. The Morgan fingerprint density at radius 1 is 0.435 bits per heavy atom. The van der Waals surface area contributed by atoms with Gasteiger partial charge in [-0.15, -0.1) is 0 Å². The average Bonchev–Trinajstić information content (AvgIpc) is 1.69. The smallest absolute Gasteiger partial charge is 0.187 e. The van der Waals surface area contributed by atoms with E-state index in [1.165, 1.54) is 0 Å². The molecule has 0 aromatic rings. The second-order valence-electron chi connectivity index (χ2n) is 27.0. The van der Waals surface area contributed by atoms with E-state index in [2.05, 4.69) is 27.7 Å². The topological polar surface area (TPSA) is 455 Å². The largest absolute Gasteiger partial charge is 0.394 e. The van der Waals surface area contributed by atoms with Crippen LogP contribution in [0.25, 0.3) is 0 Å². The Kier molecular flexibility index (Phi) is 19.5. The molecular formula is C56H92O29. The van der Waals surface area contributed by atoms with Crippen LogP contribution in [-0.4, -0.2) is 304 Å². The van der Waals surface area contributed by atoms with E-state index in [0.29, 0.717) is 30.8 Å². The van der Waals surface area contributed by atoms with Gasteiger partial charge in [0, 0.05) is 12.3 Å². The molecule has 4 aliphatic carbocycles. The Morgan fingerprint density at radius 3 is 1.66 bits per heavy atom. The number of fused-ring (bicyclic) bond motifs is 7. The zero-order valence-corrected chi connectivity index (χ0v) is 48.1. The van der Waals surface area contributed by atoms with E-state index in [1.807, 2.05) is 0 Å². The summed E-state index contributed by atoms with van der Waals surface area (Å²) in [6.45, 7) is 5.31. The quantitative estimate of drug-likeness (QED) is 0.0719. The molecule has 7 aliphatic heterocycles. The molecule has 17 N–H and O–H groups in total. The minimum atomic E-state index is -2.22. The standard InChI is InChI=1S/C56H92O29/c1-19-5-8-56(75-17-19)20(2)34-29(85-56)10-23-21-9-25(61)24-11-28(26(62)12-55(24,4)22(21)6-7-54(23,34)3)76-50-43(72)40(69)45(33(16-60)80-50)81-53-48(47(38(67)32(15-59)79-53)83-49-41(70)35(64)27(63)18-74-49)84-52-44(73)46(37(66)31(14-58)78-52)82-51-42(71)39(68)36(65)30(13-57)77-51/h19-53,57-73H,5-18H2,1-4H3/t19?,20-,21?,22?,23?,24+,25?,26+,27?,28?,29?,30?,31?,32?,33?,34?,35?,36?,37?,38?,39?,40?,41?,42?,43?,44?,45?,46?,47?,48?,49?,50?,51?,52?,53?,54-,55+,56+/m0/s1. The molecule has 29 nitrogen and oxygen atoms in total. The Hall–Kier alpha value is -1.16. The third-order valence-electron chi connectivity index (χ3n) is 22.2. The first kappa shape index (κ1) is 65.3. The number of rotatable bonds is 14. The lowest BCUT2D eigenvalue weighted by Crippen LogP contribution is -2.69. The lowest BCUT2D eigenvalue weighted by Gasteiger charge is -2.63. The van der Waals surface area contributed by atoms with Gasteiger partial charge in [0.1, 0.15) is 116 Å². The number of hydrogen-bond acceptors (Lipinski definition) is 29. The van der Waals surface area contributed by atoms with Crippen LogP contribution in [0, 0.1) is 52.3 Å². The van der Waals surface area contributed by atoms with Crippen LogP contribution < -0.4 is 0 Å². The van der Waals surface area contributed by atoms with Crippen LogP contribution in [0.15, 0.2) is 0 Å². The van der Waals surface area contributed by atoms with Crippen molar-refractivity contribution in [3.05, 3.63) is 0 Å². The van der Waals surface area contributed by atoms with Crippen LogP contribution in [0.3, 0.4) is 0 Å². The minimum Gasteiger partial charge on any atom is -0.394 e. The van der Waals surface area contributed by atoms with Gasteiger partial charge in [-0.2, -0.15) is 0 Å². The molecule has 11 rings (SSSR count). The van der Waals surface area contributed by atoms with Crippen LogP contribution in [0.5, 0.6) is 0 Å². The van der Waals surface area contributed by atoms with Crippen molar-refractivity contribution in [2.75, 3.05) is 39.6 Å². The van der Waals surface area contributed by atoms with E-state index >= 15 is 0 Å². The predicted molar refractivity (Wildman–Crippen MR) is 278 cm³/mol. The fourth-order valence-corrected chi connectivity index (χ4v) is 17.5. The molecule has 38 atom stereocenters. The number of hydrogen-bond donors (Lipinski definition) is 17. The molecule has 0 aromatic carbocycles. The summed E-state index contributed by atoms with van der Waals surface area (Å²) in [5.74, 6) is 0.754. The zero-order valence-electron chi connectivity index (χ0n) is 48.1. The van der Waals surface area contributed by atoms with E-state index in [0.717, 1.165) is 32.1 Å². The molecule has 0 amide bonds. The zero-order chi connectivity index (χ0) is 61.1. The molecular weight excluding hydrogens is 1140 g/mol. The highest BCUT2D eigenvalue weighted by molar-refractivity contribution is 5.17. The fourth-order valence-electron chi connectivity index (χ4n) is 17.5. The summed E-state index contributed by atoms with van der Waals surface area (Å²) in [6.07, 6.45) is -42.9. The van der Waals surface area contributed by atoms with E-state index in [4.69, 9.17) is 56.8 Å². The Morgan fingerprint density at radius 2 is 1.00 bits per heavy atom. The molecule has 490 valence electrons. The minimum absolute atomic E-state index is 0.0247. The number of aliphatic hydroxyl groups is 17.